The van der Waals surface area contributed by atoms with Gasteiger partial charge in [-0.1, -0.05) is 36.4 Å². The number of aliphatic imine (C=N–C) groups is 1. The predicted molar refractivity (Wildman–Crippen MR) is 306 cm³/mol. The number of nitrogens with two attached hydrogens (primary N) is 1. The first-order valence-electron chi connectivity index (χ1n) is 25.8. The minimum atomic E-state index is -1.18. The summed E-state index contributed by atoms with van der Waals surface area (Å²) < 4.78 is 124. The summed E-state index contributed by atoms with van der Waals surface area (Å²) in [5.41, 5.74) is 5.45. The van der Waals surface area contributed by atoms with E-state index in [1.807, 2.05) is 6.07 Å². The van der Waals surface area contributed by atoms with E-state index >= 15 is 0 Å². The van der Waals surface area contributed by atoms with Crippen molar-refractivity contribution in [1.29, 1.82) is 0 Å². The highest BCUT2D eigenvalue weighted by molar-refractivity contribution is 5.99. The molecular weight excluding hydrogens is 1170 g/mol. The molecule has 0 saturated carbocycles. The van der Waals surface area contributed by atoms with Gasteiger partial charge >= 0.3 is 18.2 Å². The van der Waals surface area contributed by atoms with Crippen LogP contribution in [0.3, 0.4) is 0 Å². The molecule has 0 bridgehead atoms. The third-order valence-electron chi connectivity index (χ3n) is 11.8. The number of amides is 1. The van der Waals surface area contributed by atoms with Crippen LogP contribution in [-0.2, 0) is 32.0 Å². The molecule has 88 heavy (non-hydrogen) atoms. The molecule has 0 radical (unpaired) electrons. The number of nitrogens with zero attached hydrogens (tertiary/aromatic N) is 7. The fourth-order valence-electron chi connectivity index (χ4n) is 8.05. The van der Waals surface area contributed by atoms with Crippen molar-refractivity contribution in [3.63, 3.8) is 0 Å². The van der Waals surface area contributed by atoms with Crippen molar-refractivity contribution in [2.75, 3.05) is 28.4 Å². The summed E-state index contributed by atoms with van der Waals surface area (Å²) >= 11 is 0. The van der Waals surface area contributed by atoms with E-state index in [4.69, 9.17) is 34.6 Å². The molecule has 9 aromatic rings. The summed E-state index contributed by atoms with van der Waals surface area (Å²) in [5.74, 6) is -4.96. The van der Waals surface area contributed by atoms with Gasteiger partial charge < -0.3 is 44.7 Å². The topological polar surface area (TPSA) is 280 Å². The lowest BCUT2D eigenvalue weighted by molar-refractivity contribution is 0.0509. The summed E-state index contributed by atoms with van der Waals surface area (Å²) in [6, 6.07) is 25.6. The maximum Gasteiger partial charge on any atom is 0.436 e. The fraction of sp³-hybridized carbons (Fsp3) is 0.237. The SMILES string of the molecule is CC(C)(C)OC(=O)n1[nH]c(=O)c2cccc(F)c21.COC(=O)c1cccc(F)c1F.COC1=NCc2c(F)cccc21.COc1nn(/C(N)=N\O)c2c(F)cccc12.COc1nn(C(=O)OC(C)(C)C)c2c(F)cccc12.O=C1NCc2c(F)cccc21. The normalized spacial score (nSPS) is 12.1. The first-order chi connectivity index (χ1) is 41.6. The van der Waals surface area contributed by atoms with Crippen molar-refractivity contribution in [2.45, 2.75) is 65.8 Å². The second kappa shape index (κ2) is 28.4. The molecule has 0 unspecified atom stereocenters. The van der Waals surface area contributed by atoms with Crippen LogP contribution >= 0.6 is 0 Å². The van der Waals surface area contributed by atoms with E-state index in [-0.39, 0.29) is 57.2 Å². The van der Waals surface area contributed by atoms with Gasteiger partial charge in [0.05, 0.1) is 56.7 Å². The fourth-order valence-corrected chi connectivity index (χ4v) is 8.05. The molecular formula is C59H57F7N10O12. The minimum absolute atomic E-state index is 0.0496. The number of methoxy groups -OCH3 is 4. The molecule has 11 rings (SSSR count). The molecule has 0 saturated heterocycles. The predicted octanol–water partition coefficient (Wildman–Crippen LogP) is 10.5. The Labute approximate surface area is 495 Å². The molecule has 0 fully saturated rings. The highest BCUT2D eigenvalue weighted by atomic mass is 19.2. The number of carbonyl (C=O) groups excluding carboxylic acids is 4. The van der Waals surface area contributed by atoms with Gasteiger partial charge in [0, 0.05) is 28.8 Å². The molecule has 1 amide bonds. The van der Waals surface area contributed by atoms with Gasteiger partial charge in [-0.05, 0) is 119 Å². The number of aromatic nitrogens is 6. The number of rotatable bonds is 3. The van der Waals surface area contributed by atoms with Gasteiger partial charge in [-0.25, -0.2) is 50.1 Å². The highest BCUT2D eigenvalue weighted by Gasteiger charge is 2.26. The molecule has 0 spiro atoms. The molecule has 2 aliphatic heterocycles. The molecule has 6 aromatic carbocycles. The van der Waals surface area contributed by atoms with Crippen molar-refractivity contribution in [2.24, 2.45) is 15.9 Å². The average Bonchev–Trinajstić information content (AvgIpc) is 2.48. The van der Waals surface area contributed by atoms with Gasteiger partial charge in [0.1, 0.15) is 56.8 Å². The number of esters is 1. The number of hydrogen-bond donors (Lipinski definition) is 4. The van der Waals surface area contributed by atoms with Crippen LogP contribution in [0.15, 0.2) is 124 Å². The van der Waals surface area contributed by atoms with Gasteiger partial charge in [-0.2, -0.15) is 14.0 Å². The Bertz CT molecular complexity index is 4180. The molecule has 3 aromatic heterocycles. The van der Waals surface area contributed by atoms with Gasteiger partial charge in [-0.3, -0.25) is 14.7 Å². The zero-order chi connectivity index (χ0) is 64.9. The first kappa shape index (κ1) is 66.4. The molecule has 5 heterocycles. The Morgan fingerprint density at radius 3 is 1.57 bits per heavy atom. The maximum atomic E-state index is 13.9. The maximum absolute atomic E-state index is 13.9. The molecule has 464 valence electrons. The van der Waals surface area contributed by atoms with E-state index < -0.39 is 69.6 Å². The smallest absolute Gasteiger partial charge is 0.436 e. The van der Waals surface area contributed by atoms with Crippen LogP contribution < -0.4 is 26.1 Å². The highest BCUT2D eigenvalue weighted by Crippen LogP contribution is 2.29. The van der Waals surface area contributed by atoms with Crippen LogP contribution in [0.2, 0.25) is 0 Å². The summed E-state index contributed by atoms with van der Waals surface area (Å²) in [6.45, 7) is 11.0. The Hall–Kier alpha value is -10.7. The Balaban J connectivity index is 0.000000170. The summed E-state index contributed by atoms with van der Waals surface area (Å²) in [4.78, 5) is 61.2. The zero-order valence-electron chi connectivity index (χ0n) is 48.6. The number of H-pyrrole nitrogens is 1. The van der Waals surface area contributed by atoms with Gasteiger partial charge in [0.25, 0.3) is 17.4 Å². The second-order valence-corrected chi connectivity index (χ2v) is 20.1. The average molecular weight is 1230 g/mol. The van der Waals surface area contributed by atoms with E-state index in [1.165, 1.54) is 74.9 Å². The lowest BCUT2D eigenvalue weighted by atomic mass is 10.1. The van der Waals surface area contributed by atoms with Crippen LogP contribution in [0, 0.1) is 40.7 Å². The molecule has 29 heteroatoms. The van der Waals surface area contributed by atoms with Crippen molar-refractivity contribution in [3.8, 4) is 11.8 Å². The van der Waals surface area contributed by atoms with Crippen molar-refractivity contribution >= 4 is 68.6 Å². The third-order valence-corrected chi connectivity index (χ3v) is 11.8. The van der Waals surface area contributed by atoms with Crippen molar-refractivity contribution < 1.29 is 83.5 Å². The quantitative estimate of drug-likeness (QED) is 0.0243. The van der Waals surface area contributed by atoms with Crippen LogP contribution in [-0.4, -0.2) is 110 Å². The van der Waals surface area contributed by atoms with Gasteiger partial charge in [0.2, 0.25) is 17.7 Å². The summed E-state index contributed by atoms with van der Waals surface area (Å²) in [5, 5.41) is 24.9. The van der Waals surface area contributed by atoms with Crippen LogP contribution in [0.4, 0.5) is 40.3 Å². The number of benzene rings is 6. The molecule has 0 atom stereocenters. The van der Waals surface area contributed by atoms with Gasteiger partial charge in [0.15, 0.2) is 11.6 Å². The standard InChI is InChI=1S/C13H15FN2O3.C12H13FN2O3.C9H9FN4O2.C9H8FNO.C8H6F2O2.C8H6FNO/c1-13(2,3)19-12(17)16-10-8(11(15-16)18-4)6-5-7-9(10)14;1-12(2,3)18-11(17)15-9-7(10(16)14-15)5-4-6-8(9)13;1-16-8-5-3-2-4-6(10)7(5)14(12-8)9(11)13-15;1-12-9-6-3-2-4-8(10)7(6)5-11-9;1-12-8(11)5-3-2-4-6(9)7(5)10;9-7-3-1-2-5-6(7)4-10-8(5)11/h5-7H,1-4H3;4-6H,1-3H3,(H,14,16);2-4,15H,1H3,(H2,11,13);2-4H,5H2,1H3;2-4H,1H3;1-3H,4H2,(H,10,11). The lowest BCUT2D eigenvalue weighted by Gasteiger charge is -2.19. The lowest BCUT2D eigenvalue weighted by Crippen LogP contribution is -2.28. The molecule has 22 nitrogen and oxygen atoms in total. The van der Waals surface area contributed by atoms with E-state index in [0.717, 1.165) is 38.9 Å². The van der Waals surface area contributed by atoms with E-state index in [1.54, 1.807) is 79.0 Å². The number of halogens is 7. The molecule has 0 aliphatic carbocycles. The number of carbonyl (C=O) groups is 4. The zero-order valence-corrected chi connectivity index (χ0v) is 48.6. The van der Waals surface area contributed by atoms with E-state index in [0.29, 0.717) is 46.5 Å². The minimum Gasteiger partial charge on any atom is -0.481 e. The monoisotopic (exact) mass is 1230 g/mol. The number of oxime groups is 1. The Kier molecular flexibility index (Phi) is 21.5. The Morgan fingerprint density at radius 2 is 1.05 bits per heavy atom. The number of para-hydroxylation sites is 3. The van der Waals surface area contributed by atoms with Crippen molar-refractivity contribution in [3.05, 3.63) is 188 Å². The number of ether oxygens (including phenoxy) is 6. The van der Waals surface area contributed by atoms with E-state index in [9.17, 15) is 54.7 Å². The summed E-state index contributed by atoms with van der Waals surface area (Å²) in [6.07, 6.45) is -1.56. The van der Waals surface area contributed by atoms with Gasteiger partial charge in [-0.15, -0.1) is 10.2 Å². The molecule has 2 aliphatic rings. The van der Waals surface area contributed by atoms with Crippen LogP contribution in [0.25, 0.3) is 32.7 Å². The van der Waals surface area contributed by atoms with E-state index in [2.05, 4.69) is 35.5 Å². The number of fused-ring (bicyclic) bond motifs is 5. The Morgan fingerprint density at radius 1 is 0.580 bits per heavy atom. The number of aromatic amines is 1. The second-order valence-electron chi connectivity index (χ2n) is 20.1. The van der Waals surface area contributed by atoms with Crippen LogP contribution in [0.5, 0.6) is 11.8 Å². The third kappa shape index (κ3) is 15.6. The summed E-state index contributed by atoms with van der Waals surface area (Å²) in [7, 11) is 5.46. The van der Waals surface area contributed by atoms with Crippen LogP contribution in [0.1, 0.15) is 78.9 Å². The molecule has 5 N–H and O–H groups in total. The first-order valence-corrected chi connectivity index (χ1v) is 25.8. The number of hydrogen-bond acceptors (Lipinski definition) is 16. The number of nitrogens with one attached hydrogen (secondary N) is 2. The van der Waals surface area contributed by atoms with Crippen molar-refractivity contribution in [1.82, 2.24) is 34.7 Å². The largest absolute Gasteiger partial charge is 0.481 e.